The van der Waals surface area contributed by atoms with Crippen molar-refractivity contribution >= 4 is 47.2 Å². The number of ether oxygens (including phenoxy) is 2. The van der Waals surface area contributed by atoms with Crippen LogP contribution in [0.4, 0.5) is 5.69 Å². The number of hydrogen-bond donors (Lipinski definition) is 2. The SMILES string of the molecule is COc1ccc(CCCN=C(N)Nc2ccc(OC)c(Cl)c2)cc1.I. The maximum atomic E-state index is 6.07. The van der Waals surface area contributed by atoms with Crippen molar-refractivity contribution in [3.8, 4) is 11.5 Å². The predicted molar refractivity (Wildman–Crippen MR) is 115 cm³/mol. The number of nitrogens with one attached hydrogen (secondary N) is 1. The van der Waals surface area contributed by atoms with Crippen molar-refractivity contribution in [2.45, 2.75) is 12.8 Å². The molecule has 5 nitrogen and oxygen atoms in total. The highest BCUT2D eigenvalue weighted by molar-refractivity contribution is 14.0. The van der Waals surface area contributed by atoms with Gasteiger partial charge in [-0.1, -0.05) is 23.7 Å². The molecule has 136 valence electrons. The monoisotopic (exact) mass is 475 g/mol. The van der Waals surface area contributed by atoms with Gasteiger partial charge in [0.05, 0.1) is 19.2 Å². The van der Waals surface area contributed by atoms with Crippen molar-refractivity contribution in [1.82, 2.24) is 0 Å². The van der Waals surface area contributed by atoms with E-state index >= 15 is 0 Å². The van der Waals surface area contributed by atoms with Gasteiger partial charge in [0.1, 0.15) is 11.5 Å². The summed E-state index contributed by atoms with van der Waals surface area (Å²) >= 11 is 6.07. The highest BCUT2D eigenvalue weighted by atomic mass is 127. The summed E-state index contributed by atoms with van der Waals surface area (Å²) in [6, 6.07) is 13.4. The van der Waals surface area contributed by atoms with Crippen LogP contribution in [0.25, 0.3) is 0 Å². The molecule has 0 aliphatic heterocycles. The molecule has 25 heavy (non-hydrogen) atoms. The van der Waals surface area contributed by atoms with Crippen LogP contribution in [0.3, 0.4) is 0 Å². The lowest BCUT2D eigenvalue weighted by molar-refractivity contribution is 0.414. The van der Waals surface area contributed by atoms with Gasteiger partial charge in [0.25, 0.3) is 0 Å². The molecule has 0 saturated carbocycles. The molecule has 7 heteroatoms. The van der Waals surface area contributed by atoms with Crippen LogP contribution in [0, 0.1) is 0 Å². The first kappa shape index (κ1) is 21.4. The van der Waals surface area contributed by atoms with E-state index in [1.807, 2.05) is 18.2 Å². The Hall–Kier alpha value is -1.67. The van der Waals surface area contributed by atoms with Crippen LogP contribution in [-0.2, 0) is 6.42 Å². The van der Waals surface area contributed by atoms with E-state index in [1.54, 1.807) is 26.4 Å². The third-order valence-corrected chi connectivity index (χ3v) is 3.78. The second-order valence-corrected chi connectivity index (χ2v) is 5.60. The fraction of sp³-hybridized carbons (Fsp3) is 0.278. The molecule has 0 radical (unpaired) electrons. The quantitative estimate of drug-likeness (QED) is 0.271. The fourth-order valence-corrected chi connectivity index (χ4v) is 2.46. The van der Waals surface area contributed by atoms with E-state index in [-0.39, 0.29) is 24.0 Å². The second kappa shape index (κ2) is 11.0. The number of rotatable bonds is 7. The molecule has 3 N–H and O–H groups in total. The van der Waals surface area contributed by atoms with Crippen molar-refractivity contribution in [2.24, 2.45) is 10.7 Å². The molecule has 0 spiro atoms. The summed E-state index contributed by atoms with van der Waals surface area (Å²) in [5, 5.41) is 3.54. The molecule has 0 aromatic heterocycles. The average Bonchev–Trinajstić information content (AvgIpc) is 2.59. The topological polar surface area (TPSA) is 68.9 Å². The van der Waals surface area contributed by atoms with Gasteiger partial charge >= 0.3 is 0 Å². The van der Waals surface area contributed by atoms with Crippen LogP contribution in [0.5, 0.6) is 11.5 Å². The number of aryl methyl sites for hydroxylation is 1. The summed E-state index contributed by atoms with van der Waals surface area (Å²) in [6.07, 6.45) is 1.85. The Kier molecular flexibility index (Phi) is 9.44. The lowest BCUT2D eigenvalue weighted by Crippen LogP contribution is -2.22. The number of nitrogens with two attached hydrogens (primary N) is 1. The smallest absolute Gasteiger partial charge is 0.193 e. The molecule has 0 heterocycles. The molecule has 2 aromatic rings. The van der Waals surface area contributed by atoms with Crippen molar-refractivity contribution in [3.63, 3.8) is 0 Å². The maximum Gasteiger partial charge on any atom is 0.193 e. The summed E-state index contributed by atoms with van der Waals surface area (Å²) < 4.78 is 10.3. The summed E-state index contributed by atoms with van der Waals surface area (Å²) in [5.41, 5.74) is 7.92. The molecule has 0 atom stereocenters. The molecule has 0 aliphatic rings. The van der Waals surface area contributed by atoms with Crippen molar-refractivity contribution in [3.05, 3.63) is 53.1 Å². The molecular weight excluding hydrogens is 453 g/mol. The molecule has 2 rings (SSSR count). The highest BCUT2D eigenvalue weighted by Gasteiger charge is 2.02. The summed E-state index contributed by atoms with van der Waals surface area (Å²) in [7, 11) is 3.24. The van der Waals surface area contributed by atoms with E-state index < -0.39 is 0 Å². The predicted octanol–water partition coefficient (Wildman–Crippen LogP) is 4.33. The zero-order valence-electron chi connectivity index (χ0n) is 14.3. The normalized spacial score (nSPS) is 10.8. The van der Waals surface area contributed by atoms with Gasteiger partial charge in [-0.3, -0.25) is 4.99 Å². The average molecular weight is 476 g/mol. The lowest BCUT2D eigenvalue weighted by Gasteiger charge is -2.08. The Morgan fingerprint density at radius 3 is 2.44 bits per heavy atom. The fourth-order valence-electron chi connectivity index (χ4n) is 2.21. The van der Waals surface area contributed by atoms with E-state index in [9.17, 15) is 0 Å². The minimum Gasteiger partial charge on any atom is -0.497 e. The third-order valence-electron chi connectivity index (χ3n) is 3.49. The Labute approximate surface area is 170 Å². The van der Waals surface area contributed by atoms with Gasteiger partial charge in [-0.05, 0) is 48.7 Å². The third kappa shape index (κ3) is 6.99. The van der Waals surface area contributed by atoms with Crippen LogP contribution in [0.1, 0.15) is 12.0 Å². The van der Waals surface area contributed by atoms with Crippen LogP contribution < -0.4 is 20.5 Å². The number of hydrogen-bond acceptors (Lipinski definition) is 3. The number of methoxy groups -OCH3 is 2. The van der Waals surface area contributed by atoms with E-state index in [2.05, 4.69) is 22.4 Å². The van der Waals surface area contributed by atoms with Crippen LogP contribution in [0.15, 0.2) is 47.5 Å². The minimum absolute atomic E-state index is 0. The first-order chi connectivity index (χ1) is 11.6. The Balaban J connectivity index is 0.00000312. The second-order valence-electron chi connectivity index (χ2n) is 5.19. The maximum absolute atomic E-state index is 6.07. The van der Waals surface area contributed by atoms with Gasteiger partial charge in [0.15, 0.2) is 5.96 Å². The van der Waals surface area contributed by atoms with E-state index in [0.717, 1.165) is 24.3 Å². The summed E-state index contributed by atoms with van der Waals surface area (Å²) in [4.78, 5) is 4.32. The van der Waals surface area contributed by atoms with Crippen LogP contribution >= 0.6 is 35.6 Å². The van der Waals surface area contributed by atoms with Gasteiger partial charge in [0.2, 0.25) is 0 Å². The van der Waals surface area contributed by atoms with E-state index in [4.69, 9.17) is 26.8 Å². The van der Waals surface area contributed by atoms with Crippen molar-refractivity contribution in [1.29, 1.82) is 0 Å². The van der Waals surface area contributed by atoms with Gasteiger partial charge in [-0.15, -0.1) is 24.0 Å². The summed E-state index contributed by atoms with van der Waals surface area (Å²) in [6.45, 7) is 0.648. The molecule has 0 unspecified atom stereocenters. The molecule has 0 bridgehead atoms. The first-order valence-corrected chi connectivity index (χ1v) is 8.03. The van der Waals surface area contributed by atoms with Crippen LogP contribution in [0.2, 0.25) is 5.02 Å². The zero-order chi connectivity index (χ0) is 17.4. The number of nitrogens with zero attached hydrogens (tertiary/aromatic N) is 1. The number of halogens is 2. The summed E-state index contributed by atoms with van der Waals surface area (Å²) in [5.74, 6) is 1.85. The highest BCUT2D eigenvalue weighted by Crippen LogP contribution is 2.27. The number of guanidine groups is 1. The molecule has 0 fully saturated rings. The Morgan fingerprint density at radius 2 is 1.84 bits per heavy atom. The van der Waals surface area contributed by atoms with Crippen molar-refractivity contribution in [2.75, 3.05) is 26.1 Å². The first-order valence-electron chi connectivity index (χ1n) is 7.66. The molecule has 2 aromatic carbocycles. The molecule has 0 amide bonds. The molecule has 0 saturated heterocycles. The van der Waals surface area contributed by atoms with Gasteiger partial charge < -0.3 is 20.5 Å². The van der Waals surface area contributed by atoms with E-state index in [0.29, 0.717) is 23.3 Å². The van der Waals surface area contributed by atoms with E-state index in [1.165, 1.54) is 5.56 Å². The lowest BCUT2D eigenvalue weighted by atomic mass is 10.1. The Bertz CT molecular complexity index is 693. The number of anilines is 1. The number of benzene rings is 2. The standard InChI is InChI=1S/C18H22ClN3O2.HI/c1-23-15-8-5-13(6-9-15)4-3-11-21-18(20)22-14-7-10-17(24-2)16(19)12-14;/h5-10,12H,3-4,11H2,1-2H3,(H3,20,21,22);1H. The zero-order valence-corrected chi connectivity index (χ0v) is 17.4. The van der Waals surface area contributed by atoms with Gasteiger partial charge in [-0.25, -0.2) is 0 Å². The van der Waals surface area contributed by atoms with Gasteiger partial charge in [-0.2, -0.15) is 0 Å². The number of aliphatic imine (C=N–C) groups is 1. The van der Waals surface area contributed by atoms with Crippen molar-refractivity contribution < 1.29 is 9.47 Å². The minimum atomic E-state index is 0. The van der Waals surface area contributed by atoms with Crippen LogP contribution in [-0.4, -0.2) is 26.7 Å². The Morgan fingerprint density at radius 1 is 1.12 bits per heavy atom. The molecular formula is C18H23ClIN3O2. The largest absolute Gasteiger partial charge is 0.497 e. The van der Waals surface area contributed by atoms with Gasteiger partial charge in [0, 0.05) is 12.2 Å². The molecule has 0 aliphatic carbocycles.